The Morgan fingerprint density at radius 2 is 2.10 bits per heavy atom. The summed E-state index contributed by atoms with van der Waals surface area (Å²) in [6.45, 7) is 2.93. The second-order valence-corrected chi connectivity index (χ2v) is 5.72. The quantitative estimate of drug-likeness (QED) is 0.876. The topological polar surface area (TPSA) is 67.2 Å². The number of amides is 2. The zero-order chi connectivity index (χ0) is 14.2. The van der Waals surface area contributed by atoms with Crippen molar-refractivity contribution in [3.63, 3.8) is 0 Å². The highest BCUT2D eigenvalue weighted by Crippen LogP contribution is 2.34. The molecule has 0 radical (unpaired) electrons. The number of hydrogen-bond donors (Lipinski definition) is 1. The van der Waals surface area contributed by atoms with Crippen LogP contribution in [0.2, 0.25) is 0 Å². The van der Waals surface area contributed by atoms with Crippen molar-refractivity contribution >= 4 is 11.8 Å². The van der Waals surface area contributed by atoms with Gasteiger partial charge in [0.05, 0.1) is 6.54 Å². The molecule has 1 aromatic rings. The van der Waals surface area contributed by atoms with Gasteiger partial charge in [0.1, 0.15) is 11.6 Å². The van der Waals surface area contributed by atoms with E-state index in [2.05, 4.69) is 10.4 Å². The number of rotatable bonds is 3. The molecule has 2 amide bonds. The standard InChI is InChI=1S/C14H20N4O2/c1-11-12(19)16-14(5-2-3-6-14)13(20)18(11)10-9-17-8-4-7-15-17/h4,7-8,11H,2-3,5-6,9-10H2,1H3,(H,16,19). The molecule has 0 bridgehead atoms. The third-order valence-corrected chi connectivity index (χ3v) is 4.47. The van der Waals surface area contributed by atoms with Gasteiger partial charge in [0.2, 0.25) is 11.8 Å². The molecule has 3 rings (SSSR count). The summed E-state index contributed by atoms with van der Waals surface area (Å²) in [5, 5.41) is 7.10. The van der Waals surface area contributed by atoms with Crippen molar-refractivity contribution in [2.75, 3.05) is 6.54 Å². The zero-order valence-electron chi connectivity index (χ0n) is 11.7. The predicted octanol–water partition coefficient (Wildman–Crippen LogP) is 0.543. The molecule has 1 atom stereocenters. The number of nitrogens with one attached hydrogen (secondary N) is 1. The van der Waals surface area contributed by atoms with E-state index < -0.39 is 11.6 Å². The molecule has 1 saturated heterocycles. The van der Waals surface area contributed by atoms with Crippen LogP contribution in [0.15, 0.2) is 18.5 Å². The molecule has 6 heteroatoms. The molecular formula is C14H20N4O2. The minimum atomic E-state index is -0.631. The van der Waals surface area contributed by atoms with Crippen LogP contribution in [-0.2, 0) is 16.1 Å². The minimum Gasteiger partial charge on any atom is -0.340 e. The zero-order valence-corrected chi connectivity index (χ0v) is 11.7. The highest BCUT2D eigenvalue weighted by Gasteiger charge is 2.50. The summed E-state index contributed by atoms with van der Waals surface area (Å²) in [6.07, 6.45) is 7.13. The predicted molar refractivity (Wildman–Crippen MR) is 72.7 cm³/mol. The molecule has 6 nitrogen and oxygen atoms in total. The third kappa shape index (κ3) is 2.09. The molecule has 20 heavy (non-hydrogen) atoms. The van der Waals surface area contributed by atoms with Crippen LogP contribution >= 0.6 is 0 Å². The molecule has 1 N–H and O–H groups in total. The maximum absolute atomic E-state index is 12.7. The van der Waals surface area contributed by atoms with Crippen molar-refractivity contribution in [1.29, 1.82) is 0 Å². The van der Waals surface area contributed by atoms with Crippen LogP contribution in [-0.4, -0.2) is 44.6 Å². The maximum Gasteiger partial charge on any atom is 0.249 e. The summed E-state index contributed by atoms with van der Waals surface area (Å²) in [5.74, 6) is 0.0428. The van der Waals surface area contributed by atoms with Crippen molar-refractivity contribution in [2.45, 2.75) is 50.7 Å². The molecule has 0 aromatic carbocycles. The van der Waals surface area contributed by atoms with Gasteiger partial charge >= 0.3 is 0 Å². The van der Waals surface area contributed by atoms with Gasteiger partial charge < -0.3 is 10.2 Å². The minimum absolute atomic E-state index is 0.0352. The lowest BCUT2D eigenvalue weighted by Gasteiger charge is -2.43. The highest BCUT2D eigenvalue weighted by atomic mass is 16.2. The van der Waals surface area contributed by atoms with Crippen molar-refractivity contribution in [3.05, 3.63) is 18.5 Å². The molecule has 2 aliphatic rings. The fourth-order valence-electron chi connectivity index (χ4n) is 3.24. The van der Waals surface area contributed by atoms with E-state index in [0.717, 1.165) is 25.7 Å². The number of carbonyl (C=O) groups is 2. The maximum atomic E-state index is 12.7. The largest absolute Gasteiger partial charge is 0.340 e. The van der Waals surface area contributed by atoms with Crippen molar-refractivity contribution in [3.8, 4) is 0 Å². The van der Waals surface area contributed by atoms with Gasteiger partial charge in [-0.1, -0.05) is 12.8 Å². The Morgan fingerprint density at radius 3 is 2.75 bits per heavy atom. The van der Waals surface area contributed by atoms with Crippen LogP contribution < -0.4 is 5.32 Å². The molecule has 2 fully saturated rings. The van der Waals surface area contributed by atoms with E-state index in [0.29, 0.717) is 13.1 Å². The number of hydrogen-bond acceptors (Lipinski definition) is 3. The van der Waals surface area contributed by atoms with Gasteiger partial charge in [-0.05, 0) is 25.8 Å². The smallest absolute Gasteiger partial charge is 0.249 e. The first kappa shape index (κ1) is 13.1. The molecule has 1 spiro atoms. The first-order valence-electron chi connectivity index (χ1n) is 7.23. The van der Waals surface area contributed by atoms with Gasteiger partial charge in [0, 0.05) is 18.9 Å². The second-order valence-electron chi connectivity index (χ2n) is 5.72. The van der Waals surface area contributed by atoms with Crippen LogP contribution in [0.25, 0.3) is 0 Å². The molecule has 1 unspecified atom stereocenters. The summed E-state index contributed by atoms with van der Waals surface area (Å²) in [4.78, 5) is 26.6. The lowest BCUT2D eigenvalue weighted by molar-refractivity contribution is -0.154. The van der Waals surface area contributed by atoms with Gasteiger partial charge in [0.25, 0.3) is 0 Å². The van der Waals surface area contributed by atoms with Gasteiger partial charge in [0.15, 0.2) is 0 Å². The number of carbonyl (C=O) groups excluding carboxylic acids is 2. The molecule has 2 heterocycles. The Morgan fingerprint density at radius 1 is 1.35 bits per heavy atom. The summed E-state index contributed by atoms with van der Waals surface area (Å²) in [7, 11) is 0. The normalized spacial score (nSPS) is 25.2. The molecule has 1 aliphatic heterocycles. The highest BCUT2D eigenvalue weighted by molar-refractivity contribution is 5.99. The Hall–Kier alpha value is -1.85. The van der Waals surface area contributed by atoms with Crippen molar-refractivity contribution in [1.82, 2.24) is 20.0 Å². The number of piperazine rings is 1. The number of aromatic nitrogens is 2. The molecule has 1 aromatic heterocycles. The molecular weight excluding hydrogens is 256 g/mol. The molecule has 108 valence electrons. The van der Waals surface area contributed by atoms with Gasteiger partial charge in [-0.2, -0.15) is 5.10 Å². The van der Waals surface area contributed by atoms with Crippen LogP contribution in [0.4, 0.5) is 0 Å². The first-order chi connectivity index (χ1) is 9.62. The average Bonchev–Trinajstić information content (AvgIpc) is 3.09. The van der Waals surface area contributed by atoms with Gasteiger partial charge in [-0.3, -0.25) is 14.3 Å². The summed E-state index contributed by atoms with van der Waals surface area (Å²) < 4.78 is 1.79. The first-order valence-corrected chi connectivity index (χ1v) is 7.23. The Kier molecular flexibility index (Phi) is 3.23. The fourth-order valence-corrected chi connectivity index (χ4v) is 3.24. The summed E-state index contributed by atoms with van der Waals surface area (Å²) in [5.41, 5.74) is -0.631. The Labute approximate surface area is 118 Å². The van der Waals surface area contributed by atoms with Crippen LogP contribution in [0.5, 0.6) is 0 Å². The van der Waals surface area contributed by atoms with Crippen LogP contribution in [0, 0.1) is 0 Å². The van der Waals surface area contributed by atoms with E-state index in [1.807, 2.05) is 12.3 Å². The van der Waals surface area contributed by atoms with E-state index in [4.69, 9.17) is 0 Å². The van der Waals surface area contributed by atoms with E-state index in [9.17, 15) is 9.59 Å². The van der Waals surface area contributed by atoms with Gasteiger partial charge in [-0.25, -0.2) is 0 Å². The fraction of sp³-hybridized carbons (Fsp3) is 0.643. The monoisotopic (exact) mass is 276 g/mol. The summed E-state index contributed by atoms with van der Waals surface area (Å²) >= 11 is 0. The SMILES string of the molecule is CC1C(=O)NC2(CCCC2)C(=O)N1CCn1cccn1. The molecule has 1 aliphatic carbocycles. The summed E-state index contributed by atoms with van der Waals surface area (Å²) in [6, 6.07) is 1.45. The van der Waals surface area contributed by atoms with Crippen LogP contribution in [0.1, 0.15) is 32.6 Å². The van der Waals surface area contributed by atoms with Crippen molar-refractivity contribution in [2.24, 2.45) is 0 Å². The number of nitrogens with zero attached hydrogens (tertiary/aromatic N) is 3. The van der Waals surface area contributed by atoms with E-state index in [1.165, 1.54) is 0 Å². The van der Waals surface area contributed by atoms with E-state index >= 15 is 0 Å². The van der Waals surface area contributed by atoms with Gasteiger partial charge in [-0.15, -0.1) is 0 Å². The van der Waals surface area contributed by atoms with E-state index in [-0.39, 0.29) is 11.8 Å². The van der Waals surface area contributed by atoms with Crippen molar-refractivity contribution < 1.29 is 9.59 Å². The lowest BCUT2D eigenvalue weighted by Crippen LogP contribution is -2.69. The average molecular weight is 276 g/mol. The Balaban J connectivity index is 1.76. The molecule has 1 saturated carbocycles. The second kappa shape index (κ2) is 4.92. The van der Waals surface area contributed by atoms with Crippen LogP contribution in [0.3, 0.4) is 0 Å². The Bertz CT molecular complexity index is 505. The lowest BCUT2D eigenvalue weighted by atomic mass is 9.91. The third-order valence-electron chi connectivity index (χ3n) is 4.47. The van der Waals surface area contributed by atoms with E-state index in [1.54, 1.807) is 22.7 Å².